The first kappa shape index (κ1) is 12.5. The number of carbonyl (C=O) groups excluding carboxylic acids is 1. The second-order valence-electron chi connectivity index (χ2n) is 4.01. The minimum atomic E-state index is 0.215. The fourth-order valence-corrected chi connectivity index (χ4v) is 3.18. The molecule has 0 amide bonds. The molecule has 0 unspecified atom stereocenters. The zero-order valence-corrected chi connectivity index (χ0v) is 12.0. The van der Waals surface area contributed by atoms with Crippen LogP contribution in [0.2, 0.25) is 0 Å². The summed E-state index contributed by atoms with van der Waals surface area (Å²) in [6, 6.07) is 10.3. The fourth-order valence-electron chi connectivity index (χ4n) is 1.62. The molecule has 0 saturated heterocycles. The van der Waals surface area contributed by atoms with E-state index in [1.54, 1.807) is 0 Å². The normalized spacial score (nSPS) is 10.5. The van der Waals surface area contributed by atoms with E-state index in [2.05, 4.69) is 47.1 Å². The Morgan fingerprint density at radius 2 is 1.94 bits per heavy atom. The van der Waals surface area contributed by atoms with Crippen LogP contribution in [0.5, 0.6) is 0 Å². The number of halogens is 1. The molecule has 1 nitrogen and oxygen atoms in total. The van der Waals surface area contributed by atoms with Gasteiger partial charge in [0.05, 0.1) is 4.88 Å². The van der Waals surface area contributed by atoms with Crippen LogP contribution < -0.4 is 0 Å². The molecule has 0 fully saturated rings. The van der Waals surface area contributed by atoms with E-state index < -0.39 is 0 Å². The largest absolute Gasteiger partial charge is 0.293 e. The maximum absolute atomic E-state index is 11.9. The molecule has 3 heteroatoms. The zero-order chi connectivity index (χ0) is 12.3. The topological polar surface area (TPSA) is 17.1 Å². The number of hydrogen-bond donors (Lipinski definition) is 0. The van der Waals surface area contributed by atoms with Crippen molar-refractivity contribution in [3.8, 4) is 0 Å². The Morgan fingerprint density at radius 3 is 2.53 bits per heavy atom. The van der Waals surface area contributed by atoms with Crippen LogP contribution in [0.1, 0.15) is 27.2 Å². The average Bonchev–Trinajstić information content (AvgIpc) is 2.74. The lowest BCUT2D eigenvalue weighted by Gasteiger charge is -2.01. The summed E-state index contributed by atoms with van der Waals surface area (Å²) >= 11 is 4.89. The van der Waals surface area contributed by atoms with Gasteiger partial charge < -0.3 is 0 Å². The van der Waals surface area contributed by atoms with Crippen LogP contribution in [0.25, 0.3) is 0 Å². The van der Waals surface area contributed by atoms with E-state index in [1.807, 2.05) is 11.4 Å². The van der Waals surface area contributed by atoms with Crippen LogP contribution in [-0.2, 0) is 6.42 Å². The average molecular weight is 309 g/mol. The van der Waals surface area contributed by atoms with Gasteiger partial charge in [-0.2, -0.15) is 0 Å². The third kappa shape index (κ3) is 3.27. The maximum Gasteiger partial charge on any atom is 0.174 e. The van der Waals surface area contributed by atoms with Gasteiger partial charge in [0.15, 0.2) is 5.78 Å². The number of benzene rings is 1. The van der Waals surface area contributed by atoms with Crippen molar-refractivity contribution in [2.24, 2.45) is 0 Å². The van der Waals surface area contributed by atoms with Crippen molar-refractivity contribution >= 4 is 33.0 Å². The molecule has 1 heterocycles. The van der Waals surface area contributed by atoms with Crippen molar-refractivity contribution in [2.75, 3.05) is 0 Å². The molecule has 0 radical (unpaired) electrons. The smallest absolute Gasteiger partial charge is 0.174 e. The zero-order valence-electron chi connectivity index (χ0n) is 9.57. The van der Waals surface area contributed by atoms with Gasteiger partial charge in [-0.05, 0) is 46.3 Å². The number of aryl methyl sites for hydroxylation is 2. The highest BCUT2D eigenvalue weighted by Crippen LogP contribution is 2.24. The van der Waals surface area contributed by atoms with Gasteiger partial charge in [0.1, 0.15) is 0 Å². The molecule has 0 aliphatic carbocycles. The molecule has 0 atom stereocenters. The predicted molar refractivity (Wildman–Crippen MR) is 75.8 cm³/mol. The summed E-state index contributed by atoms with van der Waals surface area (Å²) < 4.78 is 0.913. The molecular weight excluding hydrogens is 296 g/mol. The Kier molecular flexibility index (Phi) is 4.13. The molecule has 0 saturated carbocycles. The highest BCUT2D eigenvalue weighted by Gasteiger charge is 2.11. The van der Waals surface area contributed by atoms with E-state index in [9.17, 15) is 4.79 Å². The third-order valence-corrected chi connectivity index (χ3v) is 4.51. The first-order valence-electron chi connectivity index (χ1n) is 5.48. The predicted octanol–water partition coefficient (Wildman–Crippen LogP) is 4.63. The third-order valence-electron chi connectivity index (χ3n) is 2.63. The first-order chi connectivity index (χ1) is 8.16. The van der Waals surface area contributed by atoms with Gasteiger partial charge in [0.25, 0.3) is 0 Å². The molecule has 1 aromatic heterocycles. The summed E-state index contributed by atoms with van der Waals surface area (Å²) in [5, 5.41) is 1.93. The molecular formula is C14H13BrOS. The standard InChI is InChI=1S/C14H13BrOS/c1-10-2-4-11(5-3-10)6-7-13(16)14-12(15)8-9-17-14/h2-5,8-9H,6-7H2,1H3. The second kappa shape index (κ2) is 5.61. The fraction of sp³-hybridized carbons (Fsp3) is 0.214. The molecule has 88 valence electrons. The number of ketones is 1. The molecule has 0 aliphatic rings. The SMILES string of the molecule is Cc1ccc(CCC(=O)c2sccc2Br)cc1. The Labute approximate surface area is 114 Å². The molecule has 0 aliphatic heterocycles. The van der Waals surface area contributed by atoms with Gasteiger partial charge in [-0.3, -0.25) is 4.79 Å². The van der Waals surface area contributed by atoms with Crippen LogP contribution in [-0.4, -0.2) is 5.78 Å². The number of carbonyl (C=O) groups is 1. The molecule has 17 heavy (non-hydrogen) atoms. The molecule has 0 N–H and O–H groups in total. The molecule has 2 rings (SSSR count). The van der Waals surface area contributed by atoms with Crippen molar-refractivity contribution in [3.63, 3.8) is 0 Å². The van der Waals surface area contributed by atoms with Crippen molar-refractivity contribution in [1.82, 2.24) is 0 Å². The van der Waals surface area contributed by atoms with Crippen LogP contribution in [0.4, 0.5) is 0 Å². The van der Waals surface area contributed by atoms with Crippen molar-refractivity contribution in [1.29, 1.82) is 0 Å². The lowest BCUT2D eigenvalue weighted by atomic mass is 10.1. The van der Waals surface area contributed by atoms with E-state index in [1.165, 1.54) is 22.5 Å². The summed E-state index contributed by atoms with van der Waals surface area (Å²) in [4.78, 5) is 12.8. The minimum absolute atomic E-state index is 0.215. The Bertz CT molecular complexity index is 513. The Balaban J connectivity index is 1.97. The van der Waals surface area contributed by atoms with Crippen LogP contribution in [0, 0.1) is 6.92 Å². The van der Waals surface area contributed by atoms with E-state index in [4.69, 9.17) is 0 Å². The highest BCUT2D eigenvalue weighted by molar-refractivity contribution is 9.10. The number of Topliss-reactive ketones (excluding diaryl/α,β-unsaturated/α-hetero) is 1. The molecule has 0 bridgehead atoms. The number of thiophene rings is 1. The van der Waals surface area contributed by atoms with E-state index in [-0.39, 0.29) is 5.78 Å². The van der Waals surface area contributed by atoms with Gasteiger partial charge in [0.2, 0.25) is 0 Å². The highest BCUT2D eigenvalue weighted by atomic mass is 79.9. The lowest BCUT2D eigenvalue weighted by Crippen LogP contribution is -1.99. The minimum Gasteiger partial charge on any atom is -0.293 e. The van der Waals surface area contributed by atoms with Crippen molar-refractivity contribution in [2.45, 2.75) is 19.8 Å². The first-order valence-corrected chi connectivity index (χ1v) is 7.16. The molecule has 2 aromatic rings. The van der Waals surface area contributed by atoms with Crippen LogP contribution in [0.15, 0.2) is 40.2 Å². The van der Waals surface area contributed by atoms with Crippen molar-refractivity contribution < 1.29 is 4.79 Å². The number of hydrogen-bond acceptors (Lipinski definition) is 2. The van der Waals surface area contributed by atoms with Gasteiger partial charge in [0, 0.05) is 10.9 Å². The maximum atomic E-state index is 11.9. The quantitative estimate of drug-likeness (QED) is 0.752. The summed E-state index contributed by atoms with van der Waals surface area (Å²) in [7, 11) is 0. The van der Waals surface area contributed by atoms with Gasteiger partial charge in [-0.15, -0.1) is 11.3 Å². The summed E-state index contributed by atoms with van der Waals surface area (Å²) in [5.41, 5.74) is 2.47. The molecule has 1 aromatic carbocycles. The second-order valence-corrected chi connectivity index (χ2v) is 5.78. The van der Waals surface area contributed by atoms with E-state index in [0.29, 0.717) is 6.42 Å². The van der Waals surface area contributed by atoms with E-state index >= 15 is 0 Å². The van der Waals surface area contributed by atoms with Gasteiger partial charge in [-0.25, -0.2) is 0 Å². The monoisotopic (exact) mass is 308 g/mol. The molecule has 0 spiro atoms. The lowest BCUT2D eigenvalue weighted by molar-refractivity contribution is 0.0986. The Hall–Kier alpha value is -0.930. The van der Waals surface area contributed by atoms with Crippen LogP contribution in [0.3, 0.4) is 0 Å². The van der Waals surface area contributed by atoms with E-state index in [0.717, 1.165) is 15.8 Å². The van der Waals surface area contributed by atoms with Crippen molar-refractivity contribution in [3.05, 3.63) is 56.2 Å². The summed E-state index contributed by atoms with van der Waals surface area (Å²) in [5.74, 6) is 0.215. The summed E-state index contributed by atoms with van der Waals surface area (Å²) in [6.07, 6.45) is 1.38. The van der Waals surface area contributed by atoms with Gasteiger partial charge >= 0.3 is 0 Å². The summed E-state index contributed by atoms with van der Waals surface area (Å²) in [6.45, 7) is 2.07. The Morgan fingerprint density at radius 1 is 1.24 bits per heavy atom. The number of rotatable bonds is 4. The van der Waals surface area contributed by atoms with Gasteiger partial charge in [-0.1, -0.05) is 29.8 Å². The van der Waals surface area contributed by atoms with Crippen LogP contribution >= 0.6 is 27.3 Å².